The highest BCUT2D eigenvalue weighted by molar-refractivity contribution is 7.89. The lowest BCUT2D eigenvalue weighted by molar-refractivity contribution is -0.116. The number of imidazole rings is 1. The zero-order valence-electron chi connectivity index (χ0n) is 19.8. The van der Waals surface area contributed by atoms with Gasteiger partial charge in [-0.25, -0.2) is 13.4 Å². The number of aromatic nitrogens is 2. The Kier molecular flexibility index (Phi) is 7.65. The number of aryl methyl sites for hydroxylation is 3. The zero-order valence-corrected chi connectivity index (χ0v) is 20.6. The number of unbranched alkanes of at least 4 members (excludes halogenated alkanes) is 1. The summed E-state index contributed by atoms with van der Waals surface area (Å²) in [6.45, 7) is 6.42. The van der Waals surface area contributed by atoms with Gasteiger partial charge in [-0.05, 0) is 43.7 Å². The van der Waals surface area contributed by atoms with E-state index in [9.17, 15) is 13.2 Å². The van der Waals surface area contributed by atoms with Gasteiger partial charge in [0.05, 0.1) is 29.1 Å². The first-order chi connectivity index (χ1) is 16.4. The molecule has 0 saturated carbocycles. The van der Waals surface area contributed by atoms with Crippen LogP contribution in [-0.4, -0.2) is 54.5 Å². The van der Waals surface area contributed by atoms with Crippen molar-refractivity contribution in [2.75, 3.05) is 31.6 Å². The molecule has 0 unspecified atom stereocenters. The van der Waals surface area contributed by atoms with Crippen LogP contribution in [0.3, 0.4) is 0 Å². The average Bonchev–Trinajstić information content (AvgIpc) is 3.20. The Bertz CT molecular complexity index is 1250. The minimum absolute atomic E-state index is 0.0754. The number of hydrogen-bond acceptors (Lipinski definition) is 5. The molecule has 1 fully saturated rings. The molecular weight excluding hydrogens is 452 g/mol. The highest BCUT2D eigenvalue weighted by atomic mass is 32.2. The van der Waals surface area contributed by atoms with Gasteiger partial charge in [0.15, 0.2) is 0 Å². The largest absolute Gasteiger partial charge is 0.379 e. The summed E-state index contributed by atoms with van der Waals surface area (Å²) in [5, 5.41) is 2.93. The van der Waals surface area contributed by atoms with Crippen LogP contribution in [0.15, 0.2) is 47.4 Å². The summed E-state index contributed by atoms with van der Waals surface area (Å²) >= 11 is 0. The number of anilines is 1. The van der Waals surface area contributed by atoms with Crippen molar-refractivity contribution in [2.45, 2.75) is 51.0 Å². The molecule has 1 aliphatic heterocycles. The molecule has 1 amide bonds. The quantitative estimate of drug-likeness (QED) is 0.499. The minimum atomic E-state index is -3.60. The molecule has 0 aliphatic carbocycles. The number of nitrogens with zero attached hydrogens (tertiary/aromatic N) is 3. The van der Waals surface area contributed by atoms with Crippen LogP contribution in [0.4, 0.5) is 5.69 Å². The molecule has 9 heteroatoms. The summed E-state index contributed by atoms with van der Waals surface area (Å²) in [6, 6.07) is 12.8. The third-order valence-electron chi connectivity index (χ3n) is 6.05. The van der Waals surface area contributed by atoms with Crippen molar-refractivity contribution in [3.63, 3.8) is 0 Å². The molecule has 0 atom stereocenters. The van der Waals surface area contributed by atoms with E-state index >= 15 is 0 Å². The van der Waals surface area contributed by atoms with E-state index in [0.717, 1.165) is 42.0 Å². The number of morpholine rings is 1. The van der Waals surface area contributed by atoms with E-state index in [1.807, 2.05) is 37.3 Å². The van der Waals surface area contributed by atoms with Crippen LogP contribution in [0.2, 0.25) is 0 Å². The second-order valence-corrected chi connectivity index (χ2v) is 10.6. The van der Waals surface area contributed by atoms with E-state index in [-0.39, 0.29) is 10.8 Å². The molecule has 2 aromatic carbocycles. The molecule has 0 spiro atoms. The van der Waals surface area contributed by atoms with E-state index in [1.165, 1.54) is 4.31 Å². The van der Waals surface area contributed by atoms with Crippen LogP contribution >= 0.6 is 0 Å². The lowest BCUT2D eigenvalue weighted by Crippen LogP contribution is -2.40. The van der Waals surface area contributed by atoms with Crippen molar-refractivity contribution in [2.24, 2.45) is 0 Å². The molecule has 2 heterocycles. The van der Waals surface area contributed by atoms with Crippen molar-refractivity contribution >= 4 is 32.7 Å². The van der Waals surface area contributed by atoms with Crippen molar-refractivity contribution in [1.82, 2.24) is 13.9 Å². The second kappa shape index (κ2) is 10.7. The standard InChI is InChI=1S/C25H32N4O4S/c1-3-4-13-29-23-10-9-21(34(31,32)28-14-16-33-17-15-28)18-22(23)27-24(29)11-12-25(30)26-20-7-5-19(2)6-8-20/h5-10,18H,3-4,11-17H2,1-2H3,(H,26,30). The minimum Gasteiger partial charge on any atom is -0.379 e. The van der Waals surface area contributed by atoms with Gasteiger partial charge in [-0.1, -0.05) is 31.0 Å². The first-order valence-corrected chi connectivity index (χ1v) is 13.3. The van der Waals surface area contributed by atoms with Crippen LogP contribution in [-0.2, 0) is 32.5 Å². The molecule has 34 heavy (non-hydrogen) atoms. The fourth-order valence-corrected chi connectivity index (χ4v) is 5.53. The number of amides is 1. The van der Waals surface area contributed by atoms with Gasteiger partial charge in [-0.2, -0.15) is 4.31 Å². The van der Waals surface area contributed by atoms with Crippen molar-refractivity contribution in [1.29, 1.82) is 0 Å². The smallest absolute Gasteiger partial charge is 0.243 e. The number of benzene rings is 2. The summed E-state index contributed by atoms with van der Waals surface area (Å²) in [6.07, 6.45) is 2.77. The second-order valence-electron chi connectivity index (χ2n) is 8.61. The van der Waals surface area contributed by atoms with Crippen LogP contribution in [0.25, 0.3) is 11.0 Å². The average molecular weight is 485 g/mol. The molecule has 8 nitrogen and oxygen atoms in total. The topological polar surface area (TPSA) is 93.5 Å². The summed E-state index contributed by atoms with van der Waals surface area (Å²) < 4.78 is 35.0. The maximum atomic E-state index is 13.1. The molecule has 182 valence electrons. The summed E-state index contributed by atoms with van der Waals surface area (Å²) in [5.74, 6) is 0.719. The molecule has 0 bridgehead atoms. The van der Waals surface area contributed by atoms with Crippen molar-refractivity contribution in [3.05, 3.63) is 53.9 Å². The Hall–Kier alpha value is -2.75. The van der Waals surface area contributed by atoms with Crippen LogP contribution in [0.5, 0.6) is 0 Å². The number of fused-ring (bicyclic) bond motifs is 1. The first-order valence-electron chi connectivity index (χ1n) is 11.8. The first kappa shape index (κ1) is 24.4. The summed E-state index contributed by atoms with van der Waals surface area (Å²) in [4.78, 5) is 17.5. The maximum Gasteiger partial charge on any atom is 0.243 e. The fourth-order valence-electron chi connectivity index (χ4n) is 4.10. The molecule has 0 radical (unpaired) electrons. The molecule has 3 aromatic rings. The predicted octanol–water partition coefficient (Wildman–Crippen LogP) is 3.74. The fraction of sp³-hybridized carbons (Fsp3) is 0.440. The van der Waals surface area contributed by atoms with Gasteiger partial charge in [0.1, 0.15) is 5.82 Å². The van der Waals surface area contributed by atoms with Gasteiger partial charge in [0.2, 0.25) is 15.9 Å². The highest BCUT2D eigenvalue weighted by Gasteiger charge is 2.27. The zero-order chi connectivity index (χ0) is 24.1. The third-order valence-corrected chi connectivity index (χ3v) is 7.95. The Labute approximate surface area is 201 Å². The molecule has 4 rings (SSSR count). The summed E-state index contributed by atoms with van der Waals surface area (Å²) in [5.41, 5.74) is 3.44. The van der Waals surface area contributed by atoms with E-state index in [2.05, 4.69) is 16.8 Å². The van der Waals surface area contributed by atoms with Gasteiger partial charge in [-0.15, -0.1) is 0 Å². The Morgan fingerprint density at radius 1 is 1.12 bits per heavy atom. The number of ether oxygens (including phenoxy) is 1. The van der Waals surface area contributed by atoms with E-state index in [4.69, 9.17) is 9.72 Å². The number of nitrogens with one attached hydrogen (secondary N) is 1. The monoisotopic (exact) mass is 484 g/mol. The Morgan fingerprint density at radius 3 is 2.56 bits per heavy atom. The molecule has 1 saturated heterocycles. The van der Waals surface area contributed by atoms with E-state index in [0.29, 0.717) is 44.7 Å². The lowest BCUT2D eigenvalue weighted by atomic mass is 10.2. The van der Waals surface area contributed by atoms with E-state index in [1.54, 1.807) is 12.1 Å². The lowest BCUT2D eigenvalue weighted by Gasteiger charge is -2.26. The van der Waals surface area contributed by atoms with Crippen molar-refractivity contribution < 1.29 is 17.9 Å². The number of carbonyl (C=O) groups excluding carboxylic acids is 1. The van der Waals surface area contributed by atoms with E-state index < -0.39 is 10.0 Å². The number of carbonyl (C=O) groups is 1. The number of sulfonamides is 1. The Balaban J connectivity index is 1.55. The summed E-state index contributed by atoms with van der Waals surface area (Å²) in [7, 11) is -3.60. The van der Waals surface area contributed by atoms with Gasteiger partial charge in [-0.3, -0.25) is 4.79 Å². The Morgan fingerprint density at radius 2 is 1.85 bits per heavy atom. The predicted molar refractivity (Wildman–Crippen MR) is 132 cm³/mol. The molecular formula is C25H32N4O4S. The number of hydrogen-bond donors (Lipinski definition) is 1. The normalized spacial score (nSPS) is 15.0. The van der Waals surface area contributed by atoms with Crippen LogP contribution in [0.1, 0.15) is 37.6 Å². The molecule has 1 aromatic heterocycles. The number of rotatable bonds is 9. The van der Waals surface area contributed by atoms with Gasteiger partial charge in [0.25, 0.3) is 0 Å². The van der Waals surface area contributed by atoms with Gasteiger partial charge < -0.3 is 14.6 Å². The van der Waals surface area contributed by atoms with Crippen LogP contribution in [0, 0.1) is 6.92 Å². The highest BCUT2D eigenvalue weighted by Crippen LogP contribution is 2.25. The molecule has 1 N–H and O–H groups in total. The third kappa shape index (κ3) is 5.48. The SMILES string of the molecule is CCCCn1c(CCC(=O)Nc2ccc(C)cc2)nc2cc(S(=O)(=O)N3CCOCC3)ccc21. The van der Waals surface area contributed by atoms with Gasteiger partial charge >= 0.3 is 0 Å². The molecule has 1 aliphatic rings. The van der Waals surface area contributed by atoms with Crippen LogP contribution < -0.4 is 5.32 Å². The maximum absolute atomic E-state index is 13.1. The van der Waals surface area contributed by atoms with Gasteiger partial charge in [0, 0.05) is 38.2 Å². The van der Waals surface area contributed by atoms with Crippen molar-refractivity contribution in [3.8, 4) is 0 Å².